The molecule has 0 unspecified atom stereocenters. The Kier molecular flexibility index (Phi) is 8.40. The molecule has 0 bridgehead atoms. The fourth-order valence-corrected chi connectivity index (χ4v) is 5.34. The van der Waals surface area contributed by atoms with Crippen LogP contribution >= 0.6 is 23.4 Å². The number of anilines is 2. The highest BCUT2D eigenvalue weighted by atomic mass is 35.5. The second-order valence-electron chi connectivity index (χ2n) is 8.56. The summed E-state index contributed by atoms with van der Waals surface area (Å²) < 4.78 is 12.9. The van der Waals surface area contributed by atoms with E-state index in [1.807, 2.05) is 47.0 Å². The molecule has 36 heavy (non-hydrogen) atoms. The summed E-state index contributed by atoms with van der Waals surface area (Å²) in [5.74, 6) is 0.912. The van der Waals surface area contributed by atoms with Gasteiger partial charge in [-0.05, 0) is 30.3 Å². The van der Waals surface area contributed by atoms with Crippen LogP contribution in [-0.4, -0.2) is 83.9 Å². The predicted octanol–water partition coefficient (Wildman–Crippen LogP) is 3.32. The standard InChI is InChI=1S/C25H29ClN6O3S/c26-21-16-19(6-7-22(21)31-10-14-35-15-11-31)27-24(33)18-36-25-29-28-23(17-30-8-12-34-13-9-30)32(25)20-4-2-1-3-5-20/h1-7,16H,8-15,17-18H2,(H,27,33). The van der Waals surface area contributed by atoms with Gasteiger partial charge >= 0.3 is 0 Å². The highest BCUT2D eigenvalue weighted by Gasteiger charge is 2.20. The number of ether oxygens (including phenoxy) is 2. The minimum atomic E-state index is -0.132. The van der Waals surface area contributed by atoms with E-state index in [4.69, 9.17) is 21.1 Å². The van der Waals surface area contributed by atoms with Gasteiger partial charge < -0.3 is 19.7 Å². The molecule has 2 aromatic carbocycles. The topological polar surface area (TPSA) is 84.8 Å². The van der Waals surface area contributed by atoms with Crippen LogP contribution in [0.2, 0.25) is 5.02 Å². The van der Waals surface area contributed by atoms with E-state index in [1.165, 1.54) is 11.8 Å². The van der Waals surface area contributed by atoms with Crippen molar-refractivity contribution in [2.75, 3.05) is 68.6 Å². The zero-order valence-corrected chi connectivity index (χ0v) is 21.5. The number of thioether (sulfide) groups is 1. The second-order valence-corrected chi connectivity index (χ2v) is 9.91. The molecule has 0 spiro atoms. The number of nitrogens with one attached hydrogen (secondary N) is 1. The van der Waals surface area contributed by atoms with Gasteiger partial charge in [-0.3, -0.25) is 14.3 Å². The van der Waals surface area contributed by atoms with E-state index in [-0.39, 0.29) is 11.7 Å². The average molecular weight is 529 g/mol. The molecule has 9 nitrogen and oxygen atoms in total. The smallest absolute Gasteiger partial charge is 0.234 e. The Labute approximate surface area is 219 Å². The third-order valence-corrected chi connectivity index (χ3v) is 7.33. The van der Waals surface area contributed by atoms with Crippen LogP contribution in [0.1, 0.15) is 5.82 Å². The van der Waals surface area contributed by atoms with Gasteiger partial charge in [-0.2, -0.15) is 0 Å². The number of morpholine rings is 2. The van der Waals surface area contributed by atoms with Gasteiger partial charge in [-0.25, -0.2) is 0 Å². The van der Waals surface area contributed by atoms with Crippen LogP contribution in [0.25, 0.3) is 5.69 Å². The van der Waals surface area contributed by atoms with Crippen LogP contribution in [0, 0.1) is 0 Å². The number of carbonyl (C=O) groups excluding carboxylic acids is 1. The van der Waals surface area contributed by atoms with Crippen molar-refractivity contribution in [2.45, 2.75) is 11.7 Å². The van der Waals surface area contributed by atoms with Crippen molar-refractivity contribution in [1.29, 1.82) is 0 Å². The Bertz CT molecular complexity index is 1170. The van der Waals surface area contributed by atoms with E-state index in [0.717, 1.165) is 56.6 Å². The molecule has 2 fully saturated rings. The molecule has 1 N–H and O–H groups in total. The van der Waals surface area contributed by atoms with E-state index < -0.39 is 0 Å². The lowest BCUT2D eigenvalue weighted by molar-refractivity contribution is -0.113. The van der Waals surface area contributed by atoms with Gasteiger partial charge in [-0.15, -0.1) is 10.2 Å². The number of benzene rings is 2. The van der Waals surface area contributed by atoms with E-state index in [2.05, 4.69) is 25.3 Å². The van der Waals surface area contributed by atoms with Crippen LogP contribution in [0.4, 0.5) is 11.4 Å². The average Bonchev–Trinajstić information content (AvgIpc) is 3.31. The van der Waals surface area contributed by atoms with Crippen molar-refractivity contribution in [1.82, 2.24) is 19.7 Å². The molecule has 3 aromatic rings. The van der Waals surface area contributed by atoms with Crippen molar-refractivity contribution in [3.05, 3.63) is 59.4 Å². The summed E-state index contributed by atoms with van der Waals surface area (Å²) in [5, 5.41) is 13.1. The molecule has 3 heterocycles. The summed E-state index contributed by atoms with van der Waals surface area (Å²) in [6.07, 6.45) is 0. The van der Waals surface area contributed by atoms with Crippen molar-refractivity contribution < 1.29 is 14.3 Å². The first-order chi connectivity index (χ1) is 17.7. The monoisotopic (exact) mass is 528 g/mol. The van der Waals surface area contributed by atoms with Crippen LogP contribution in [-0.2, 0) is 20.8 Å². The molecule has 0 saturated carbocycles. The Morgan fingerprint density at radius 2 is 1.69 bits per heavy atom. The fourth-order valence-electron chi connectivity index (χ4n) is 4.26. The molecule has 0 aliphatic carbocycles. The number of hydrogen-bond donors (Lipinski definition) is 1. The maximum Gasteiger partial charge on any atom is 0.234 e. The Hall–Kier alpha value is -2.63. The van der Waals surface area contributed by atoms with Gasteiger partial charge in [0.1, 0.15) is 0 Å². The number of amides is 1. The summed E-state index contributed by atoms with van der Waals surface area (Å²) in [6, 6.07) is 15.6. The minimum Gasteiger partial charge on any atom is -0.379 e. The van der Waals surface area contributed by atoms with Gasteiger partial charge in [0, 0.05) is 37.6 Å². The number of rotatable bonds is 8. The van der Waals surface area contributed by atoms with Gasteiger partial charge in [0.05, 0.1) is 49.4 Å². The van der Waals surface area contributed by atoms with Gasteiger partial charge in [0.2, 0.25) is 5.91 Å². The first kappa shape index (κ1) is 25.0. The molecule has 0 radical (unpaired) electrons. The third-order valence-electron chi connectivity index (χ3n) is 6.10. The van der Waals surface area contributed by atoms with E-state index in [9.17, 15) is 4.79 Å². The van der Waals surface area contributed by atoms with Crippen molar-refractivity contribution >= 4 is 40.6 Å². The molecule has 190 valence electrons. The first-order valence-electron chi connectivity index (χ1n) is 12.0. The normalized spacial score (nSPS) is 16.8. The maximum atomic E-state index is 12.8. The zero-order chi connectivity index (χ0) is 24.7. The molecular formula is C25H29ClN6O3S. The lowest BCUT2D eigenvalue weighted by Crippen LogP contribution is -2.36. The maximum absolute atomic E-state index is 12.8. The van der Waals surface area contributed by atoms with Crippen molar-refractivity contribution in [2.24, 2.45) is 0 Å². The highest BCUT2D eigenvalue weighted by Crippen LogP contribution is 2.30. The molecule has 5 rings (SSSR count). The molecule has 11 heteroatoms. The Morgan fingerprint density at radius 1 is 0.972 bits per heavy atom. The molecule has 2 aliphatic heterocycles. The van der Waals surface area contributed by atoms with Crippen molar-refractivity contribution in [3.63, 3.8) is 0 Å². The summed E-state index contributed by atoms with van der Waals surface area (Å²) in [6.45, 7) is 6.82. The Balaban J connectivity index is 1.24. The van der Waals surface area contributed by atoms with Gasteiger partial charge in [0.25, 0.3) is 0 Å². The number of hydrogen-bond acceptors (Lipinski definition) is 8. The molecule has 1 aromatic heterocycles. The SMILES string of the molecule is O=C(CSc1nnc(CN2CCOCC2)n1-c1ccccc1)Nc1ccc(N2CCOCC2)c(Cl)c1. The summed E-state index contributed by atoms with van der Waals surface area (Å²) >= 11 is 7.88. The van der Waals surface area contributed by atoms with Crippen LogP contribution in [0.15, 0.2) is 53.7 Å². The van der Waals surface area contributed by atoms with Crippen molar-refractivity contribution in [3.8, 4) is 5.69 Å². The quantitative estimate of drug-likeness (QED) is 0.446. The fraction of sp³-hybridized carbons (Fsp3) is 0.400. The van der Waals surface area contributed by atoms with E-state index >= 15 is 0 Å². The van der Waals surface area contributed by atoms with Crippen LogP contribution < -0.4 is 10.2 Å². The predicted molar refractivity (Wildman–Crippen MR) is 141 cm³/mol. The number of aromatic nitrogens is 3. The number of halogens is 1. The number of nitrogens with zero attached hydrogens (tertiary/aromatic N) is 5. The minimum absolute atomic E-state index is 0.132. The molecule has 1 amide bonds. The molecule has 2 aliphatic rings. The van der Waals surface area contributed by atoms with E-state index in [1.54, 1.807) is 6.07 Å². The van der Waals surface area contributed by atoms with Gasteiger partial charge in [0.15, 0.2) is 11.0 Å². The van der Waals surface area contributed by atoms with Crippen LogP contribution in [0.5, 0.6) is 0 Å². The highest BCUT2D eigenvalue weighted by molar-refractivity contribution is 7.99. The summed E-state index contributed by atoms with van der Waals surface area (Å²) in [5.41, 5.74) is 2.59. The molecule has 0 atom stereocenters. The van der Waals surface area contributed by atoms with Gasteiger partial charge in [-0.1, -0.05) is 41.6 Å². The first-order valence-corrected chi connectivity index (χ1v) is 13.4. The molecule has 2 saturated heterocycles. The summed E-state index contributed by atoms with van der Waals surface area (Å²) in [4.78, 5) is 17.3. The largest absolute Gasteiger partial charge is 0.379 e. The lowest BCUT2D eigenvalue weighted by atomic mass is 10.2. The number of para-hydroxylation sites is 1. The van der Waals surface area contributed by atoms with Crippen LogP contribution in [0.3, 0.4) is 0 Å². The van der Waals surface area contributed by atoms with E-state index in [0.29, 0.717) is 35.6 Å². The Morgan fingerprint density at radius 3 is 2.42 bits per heavy atom. The number of carbonyl (C=O) groups is 1. The third kappa shape index (κ3) is 6.19. The molecular weight excluding hydrogens is 500 g/mol. The zero-order valence-electron chi connectivity index (χ0n) is 19.9. The summed E-state index contributed by atoms with van der Waals surface area (Å²) in [7, 11) is 0. The second kappa shape index (κ2) is 12.1. The lowest BCUT2D eigenvalue weighted by Gasteiger charge is -2.29.